The second kappa shape index (κ2) is 7.91. The number of alkyl halides is 1. The van der Waals surface area contributed by atoms with Gasteiger partial charge in [0.15, 0.2) is 23.0 Å². The summed E-state index contributed by atoms with van der Waals surface area (Å²) in [5, 5.41) is 5.65. The third-order valence-electron chi connectivity index (χ3n) is 5.45. The average molecular weight is 453 g/mol. The van der Waals surface area contributed by atoms with Crippen LogP contribution in [0.4, 0.5) is 32.1 Å². The molecule has 5 rings (SSSR count). The molecule has 1 amide bonds. The molecule has 0 spiro atoms. The number of nitrogens with one attached hydrogen (secondary N) is 2. The van der Waals surface area contributed by atoms with Crippen molar-refractivity contribution in [2.24, 2.45) is 0 Å². The Morgan fingerprint density at radius 1 is 1.18 bits per heavy atom. The van der Waals surface area contributed by atoms with Gasteiger partial charge in [-0.2, -0.15) is 0 Å². The van der Waals surface area contributed by atoms with Gasteiger partial charge in [0.05, 0.1) is 30.3 Å². The van der Waals surface area contributed by atoms with E-state index in [1.54, 1.807) is 44.3 Å². The van der Waals surface area contributed by atoms with Crippen molar-refractivity contribution in [1.29, 1.82) is 0 Å². The van der Waals surface area contributed by atoms with Gasteiger partial charge in [0.1, 0.15) is 17.7 Å². The van der Waals surface area contributed by atoms with Crippen LogP contribution in [0.2, 0.25) is 0 Å². The number of nitrogens with zero attached hydrogens (tertiary/aromatic N) is 5. The third kappa shape index (κ3) is 4.13. The molecule has 0 bridgehead atoms. The lowest BCUT2D eigenvalue weighted by Crippen LogP contribution is -2.46. The van der Waals surface area contributed by atoms with Crippen molar-refractivity contribution in [3.05, 3.63) is 42.5 Å². The Morgan fingerprint density at radius 3 is 2.76 bits per heavy atom. The van der Waals surface area contributed by atoms with Crippen LogP contribution in [-0.2, 0) is 4.79 Å². The van der Waals surface area contributed by atoms with Crippen molar-refractivity contribution in [2.45, 2.75) is 32.0 Å². The van der Waals surface area contributed by atoms with Crippen LogP contribution in [0.5, 0.6) is 5.75 Å². The van der Waals surface area contributed by atoms with Gasteiger partial charge in [-0.1, -0.05) is 0 Å². The van der Waals surface area contributed by atoms with Gasteiger partial charge in [-0.15, -0.1) is 0 Å². The molecule has 0 radical (unpaired) electrons. The number of carbonyl (C=O) groups is 1. The van der Waals surface area contributed by atoms with Crippen LogP contribution in [-0.4, -0.2) is 50.7 Å². The number of rotatable bonds is 4. The molecule has 1 saturated heterocycles. The predicted octanol–water partition coefficient (Wildman–Crippen LogP) is 3.47. The van der Waals surface area contributed by atoms with Gasteiger partial charge in [0, 0.05) is 6.54 Å². The summed E-state index contributed by atoms with van der Waals surface area (Å²) >= 11 is 0. The molecule has 0 saturated carbocycles. The molecule has 2 aliphatic heterocycles. The van der Waals surface area contributed by atoms with Crippen LogP contribution in [0.25, 0.3) is 11.4 Å². The highest BCUT2D eigenvalue weighted by atomic mass is 19.1. The van der Waals surface area contributed by atoms with E-state index in [1.165, 1.54) is 0 Å². The highest BCUT2D eigenvalue weighted by molar-refractivity contribution is 5.99. The minimum absolute atomic E-state index is 0.0370. The number of fused-ring (bicyclic) bond motifs is 1. The van der Waals surface area contributed by atoms with E-state index in [0.717, 1.165) is 6.20 Å². The van der Waals surface area contributed by atoms with Gasteiger partial charge in [0.2, 0.25) is 5.95 Å². The molecule has 2 aliphatic rings. The fourth-order valence-electron chi connectivity index (χ4n) is 3.64. The predicted molar refractivity (Wildman–Crippen MR) is 118 cm³/mol. The molecule has 1 unspecified atom stereocenters. The molecule has 5 heterocycles. The first-order valence-corrected chi connectivity index (χ1v) is 10.4. The second-order valence-electron chi connectivity index (χ2n) is 8.36. The van der Waals surface area contributed by atoms with Gasteiger partial charge in [-0.3, -0.25) is 4.79 Å². The zero-order valence-electron chi connectivity index (χ0n) is 18.0. The van der Waals surface area contributed by atoms with Crippen LogP contribution in [0, 0.1) is 5.82 Å². The summed E-state index contributed by atoms with van der Waals surface area (Å²) in [6.07, 6.45) is 2.29. The summed E-state index contributed by atoms with van der Waals surface area (Å²) in [5.41, 5.74) is -0.262. The summed E-state index contributed by atoms with van der Waals surface area (Å²) in [6, 6.07) is 6.72. The van der Waals surface area contributed by atoms with Crippen LogP contribution in [0.1, 0.15) is 20.3 Å². The first kappa shape index (κ1) is 21.0. The Bertz CT molecular complexity index is 1220. The summed E-state index contributed by atoms with van der Waals surface area (Å²) in [4.78, 5) is 30.9. The number of hydrogen-bond acceptors (Lipinski definition) is 8. The number of hydrogen-bond donors (Lipinski definition) is 2. The van der Waals surface area contributed by atoms with Gasteiger partial charge >= 0.3 is 0 Å². The minimum Gasteiger partial charge on any atom is -0.474 e. The molecule has 0 aromatic carbocycles. The zero-order valence-corrected chi connectivity index (χ0v) is 18.0. The highest BCUT2D eigenvalue weighted by Gasteiger charge is 2.36. The fourth-order valence-corrected chi connectivity index (χ4v) is 3.64. The number of anilines is 4. The highest BCUT2D eigenvalue weighted by Crippen LogP contribution is 2.34. The number of amides is 1. The molecule has 3 aromatic rings. The van der Waals surface area contributed by atoms with Crippen LogP contribution in [0.3, 0.4) is 0 Å². The first-order valence-electron chi connectivity index (χ1n) is 10.4. The quantitative estimate of drug-likeness (QED) is 0.619. The Hall–Kier alpha value is -3.89. The molecule has 0 aliphatic carbocycles. The monoisotopic (exact) mass is 453 g/mol. The standard InChI is InChI=1S/C22H21F2N7O2/c1-22(2)20(32)30-19-16(33-22)5-4-15(28-19)18-14(24)10-26-21(29-18)27-13-3-6-17(25-9-13)31-8-7-12(23)11-31/h3-6,9-10,12H,7-8,11H2,1-2H3,(H,26,27,29)(H,28,30,32). The fraction of sp³-hybridized carbons (Fsp3) is 0.318. The van der Waals surface area contributed by atoms with E-state index < -0.39 is 17.6 Å². The Kier molecular flexibility index (Phi) is 5.03. The number of pyridine rings is 2. The van der Waals surface area contributed by atoms with Gasteiger partial charge in [-0.05, 0) is 44.5 Å². The molecule has 1 atom stereocenters. The van der Waals surface area contributed by atoms with Gasteiger partial charge in [-0.25, -0.2) is 28.7 Å². The van der Waals surface area contributed by atoms with E-state index in [4.69, 9.17) is 4.74 Å². The maximum Gasteiger partial charge on any atom is 0.269 e. The lowest BCUT2D eigenvalue weighted by Gasteiger charge is -2.30. The number of halogens is 2. The smallest absolute Gasteiger partial charge is 0.269 e. The molecule has 2 N–H and O–H groups in total. The Labute approximate surface area is 188 Å². The Morgan fingerprint density at radius 2 is 2.03 bits per heavy atom. The molecular formula is C22H21F2N7O2. The molecule has 9 nitrogen and oxygen atoms in total. The van der Waals surface area contributed by atoms with E-state index in [-0.39, 0.29) is 29.1 Å². The van der Waals surface area contributed by atoms with E-state index >= 15 is 0 Å². The van der Waals surface area contributed by atoms with Crippen molar-refractivity contribution in [2.75, 3.05) is 28.6 Å². The minimum atomic E-state index is -1.03. The van der Waals surface area contributed by atoms with E-state index in [9.17, 15) is 13.6 Å². The van der Waals surface area contributed by atoms with Crippen molar-refractivity contribution in [1.82, 2.24) is 19.9 Å². The third-order valence-corrected chi connectivity index (χ3v) is 5.45. The van der Waals surface area contributed by atoms with Crippen molar-refractivity contribution in [3.8, 4) is 17.1 Å². The molecule has 170 valence electrons. The number of carbonyl (C=O) groups excluding carboxylic acids is 1. The topological polar surface area (TPSA) is 105 Å². The summed E-state index contributed by atoms with van der Waals surface area (Å²) in [5.74, 6) is 0.400. The number of aromatic nitrogens is 4. The zero-order chi connectivity index (χ0) is 23.2. The van der Waals surface area contributed by atoms with Crippen molar-refractivity contribution >= 4 is 29.2 Å². The normalized spacial score (nSPS) is 19.0. The lowest BCUT2D eigenvalue weighted by molar-refractivity contribution is -0.129. The molecule has 3 aromatic heterocycles. The Balaban J connectivity index is 1.37. The van der Waals surface area contributed by atoms with E-state index in [0.29, 0.717) is 36.8 Å². The summed E-state index contributed by atoms with van der Waals surface area (Å²) < 4.78 is 33.6. The van der Waals surface area contributed by atoms with Crippen LogP contribution >= 0.6 is 0 Å². The maximum atomic E-state index is 14.5. The number of ether oxygens (including phenoxy) is 1. The first-order chi connectivity index (χ1) is 15.8. The van der Waals surface area contributed by atoms with Crippen LogP contribution in [0.15, 0.2) is 36.7 Å². The van der Waals surface area contributed by atoms with E-state index in [2.05, 4.69) is 30.6 Å². The second-order valence-corrected chi connectivity index (χ2v) is 8.36. The SMILES string of the molecule is CC1(C)Oc2ccc(-c3nc(Nc4ccc(N5CCC(F)C5)nc4)ncc3F)nc2NC1=O. The molecule has 11 heteroatoms. The van der Waals surface area contributed by atoms with Gasteiger partial charge in [0.25, 0.3) is 5.91 Å². The average Bonchev–Trinajstić information content (AvgIpc) is 3.22. The van der Waals surface area contributed by atoms with Crippen molar-refractivity contribution in [3.63, 3.8) is 0 Å². The molecule has 1 fully saturated rings. The molecular weight excluding hydrogens is 432 g/mol. The van der Waals surface area contributed by atoms with Gasteiger partial charge < -0.3 is 20.3 Å². The lowest BCUT2D eigenvalue weighted by atomic mass is 10.1. The maximum absolute atomic E-state index is 14.5. The van der Waals surface area contributed by atoms with E-state index in [1.807, 2.05) is 4.90 Å². The summed E-state index contributed by atoms with van der Waals surface area (Å²) in [7, 11) is 0. The summed E-state index contributed by atoms with van der Waals surface area (Å²) in [6.45, 7) is 4.25. The molecule has 33 heavy (non-hydrogen) atoms. The largest absolute Gasteiger partial charge is 0.474 e. The van der Waals surface area contributed by atoms with Crippen molar-refractivity contribution < 1.29 is 18.3 Å². The van der Waals surface area contributed by atoms with Crippen LogP contribution < -0.4 is 20.3 Å².